The average molecular weight is 674 g/mol. The Morgan fingerprint density at radius 3 is 1.98 bits per heavy atom. The lowest BCUT2D eigenvalue weighted by molar-refractivity contribution is -0.382. The van der Waals surface area contributed by atoms with Crippen LogP contribution in [0.4, 0.5) is 21.0 Å². The fourth-order valence-electron chi connectivity index (χ4n) is 7.07. The van der Waals surface area contributed by atoms with Gasteiger partial charge in [-0.2, -0.15) is 9.78 Å². The molecule has 2 aromatic carbocycles. The first-order chi connectivity index (χ1) is 20.5. The summed E-state index contributed by atoms with van der Waals surface area (Å²) in [6, 6.07) is 9.41. The van der Waals surface area contributed by atoms with Crippen LogP contribution in [0.5, 0.6) is 0 Å². The number of hydrogen-bond donors (Lipinski definition) is 2. The number of rotatable bonds is 4. The van der Waals surface area contributed by atoms with E-state index in [1.165, 1.54) is 18.6 Å². The van der Waals surface area contributed by atoms with Crippen molar-refractivity contribution in [1.82, 2.24) is 0 Å². The van der Waals surface area contributed by atoms with Crippen molar-refractivity contribution in [1.29, 1.82) is 0 Å². The van der Waals surface area contributed by atoms with E-state index in [4.69, 9.17) is 70.4 Å². The molecule has 43 heavy (non-hydrogen) atoms. The molecule has 4 fully saturated rings. The van der Waals surface area contributed by atoms with Crippen molar-refractivity contribution >= 4 is 70.0 Å². The Hall–Kier alpha value is -1.98. The van der Waals surface area contributed by atoms with E-state index in [1.54, 1.807) is 24.3 Å². The lowest BCUT2D eigenvalue weighted by atomic mass is 9.64. The van der Waals surface area contributed by atoms with E-state index < -0.39 is 36.0 Å². The van der Waals surface area contributed by atoms with Gasteiger partial charge < -0.3 is 14.2 Å². The third kappa shape index (κ3) is 6.69. The Bertz CT molecular complexity index is 1320. The number of carbonyl (C=O) groups is 2. The number of fused-ring (bicyclic) bond motifs is 3. The van der Waals surface area contributed by atoms with Crippen molar-refractivity contribution in [3.05, 3.63) is 56.5 Å². The molecule has 5 unspecified atom stereocenters. The van der Waals surface area contributed by atoms with Gasteiger partial charge in [-0.3, -0.25) is 10.6 Å². The minimum atomic E-state index is -1.30. The van der Waals surface area contributed by atoms with Crippen LogP contribution in [0.15, 0.2) is 36.4 Å². The fraction of sp³-hybridized carbons (Fsp3) is 0.533. The van der Waals surface area contributed by atoms with E-state index in [-0.39, 0.29) is 31.1 Å². The molecule has 0 radical (unpaired) electrons. The summed E-state index contributed by atoms with van der Waals surface area (Å²) in [5.41, 5.74) is 0.600. The Balaban J connectivity index is 1.20. The number of hydrogen-bond acceptors (Lipinski definition) is 7. The molecule has 3 saturated carbocycles. The normalized spacial score (nSPS) is 33.3. The van der Waals surface area contributed by atoms with Crippen molar-refractivity contribution in [2.24, 2.45) is 17.8 Å². The summed E-state index contributed by atoms with van der Waals surface area (Å²) in [5.74, 6) is -1.30. The van der Waals surface area contributed by atoms with E-state index in [1.807, 2.05) is 0 Å². The number of nitrogens with one attached hydrogen (secondary N) is 2. The number of amides is 2. The molecule has 1 saturated heterocycles. The van der Waals surface area contributed by atoms with Gasteiger partial charge in [-0.05, 0) is 61.6 Å². The second kappa shape index (κ2) is 12.4. The van der Waals surface area contributed by atoms with Crippen LogP contribution in [0, 0.1) is 17.8 Å². The van der Waals surface area contributed by atoms with E-state index in [9.17, 15) is 9.59 Å². The van der Waals surface area contributed by atoms with Crippen molar-refractivity contribution in [2.75, 3.05) is 10.6 Å². The molecule has 1 heterocycles. The third-order valence-electron chi connectivity index (χ3n) is 8.88. The minimum absolute atomic E-state index is 0.0955. The van der Waals surface area contributed by atoms with Crippen molar-refractivity contribution in [2.45, 2.75) is 82.1 Å². The monoisotopic (exact) mass is 672 g/mol. The highest BCUT2D eigenvalue weighted by molar-refractivity contribution is 6.36. The zero-order chi connectivity index (χ0) is 30.4. The SMILES string of the molecule is CC1CC2CCCC(C2)C12OOC1(C[C@H](OC(=O)Nc3cc(Cl)ccc3Cl)C[C@H](OC(=O)Nc3cc(Cl)ccc3Cl)C1)O2. The molecular formula is C30H32Cl4N2O7. The van der Waals surface area contributed by atoms with Gasteiger partial charge in [0.05, 0.1) is 21.4 Å². The van der Waals surface area contributed by atoms with Gasteiger partial charge in [0.25, 0.3) is 0 Å². The molecule has 13 heteroatoms. The molecule has 0 aromatic heterocycles. The fourth-order valence-corrected chi connectivity index (χ4v) is 7.75. The second-order valence-corrected chi connectivity index (χ2v) is 13.7. The highest BCUT2D eigenvalue weighted by Gasteiger charge is 2.64. The van der Waals surface area contributed by atoms with Crippen LogP contribution >= 0.6 is 46.4 Å². The minimum Gasteiger partial charge on any atom is -0.446 e. The maximum absolute atomic E-state index is 13.0. The molecule has 1 aliphatic heterocycles. The highest BCUT2D eigenvalue weighted by atomic mass is 35.5. The van der Waals surface area contributed by atoms with Gasteiger partial charge in [0, 0.05) is 41.1 Å². The third-order valence-corrected chi connectivity index (χ3v) is 10.0. The smallest absolute Gasteiger partial charge is 0.411 e. The van der Waals surface area contributed by atoms with Gasteiger partial charge in [-0.1, -0.05) is 66.2 Å². The molecule has 2 N–H and O–H groups in total. The Kier molecular flexibility index (Phi) is 8.97. The number of benzene rings is 2. The summed E-state index contributed by atoms with van der Waals surface area (Å²) in [6.07, 6.45) is 2.81. The van der Waals surface area contributed by atoms with Crippen molar-refractivity contribution in [3.8, 4) is 0 Å². The maximum Gasteiger partial charge on any atom is 0.411 e. The molecule has 3 aliphatic carbocycles. The molecule has 2 aromatic rings. The molecule has 6 rings (SSSR count). The lowest BCUT2D eigenvalue weighted by Gasteiger charge is -2.49. The van der Waals surface area contributed by atoms with Crippen LogP contribution < -0.4 is 10.6 Å². The predicted molar refractivity (Wildman–Crippen MR) is 163 cm³/mol. The molecule has 4 aliphatic rings. The molecule has 9 nitrogen and oxygen atoms in total. The average Bonchev–Trinajstić information content (AvgIpc) is 3.31. The standard InChI is InChI=1S/C30H32Cl4N2O7/c1-16-9-17-3-2-4-18(10-17)30(16)41-29(42-43-30)14-21(39-27(37)35-25-11-19(31)5-7-23(25)33)13-22(15-29)40-28(38)36-26-12-20(32)6-8-24(26)34/h5-8,11-12,16-18,21-22H,2-4,9-10,13-15H2,1H3,(H,35,37)(H,36,38)/t16?,17?,18?,21-,22+,29?,30?. The largest absolute Gasteiger partial charge is 0.446 e. The first kappa shape index (κ1) is 31.0. The highest BCUT2D eigenvalue weighted by Crippen LogP contribution is 2.57. The molecule has 2 bridgehead atoms. The van der Waals surface area contributed by atoms with Crippen molar-refractivity contribution in [3.63, 3.8) is 0 Å². The van der Waals surface area contributed by atoms with Gasteiger partial charge >= 0.3 is 12.2 Å². The van der Waals surface area contributed by atoms with Crippen LogP contribution in [0.3, 0.4) is 0 Å². The zero-order valence-corrected chi connectivity index (χ0v) is 26.4. The number of carbonyl (C=O) groups excluding carboxylic acids is 2. The summed E-state index contributed by atoms with van der Waals surface area (Å²) < 4.78 is 18.4. The van der Waals surface area contributed by atoms with Crippen molar-refractivity contribution < 1.29 is 33.6 Å². The number of ether oxygens (including phenoxy) is 3. The van der Waals surface area contributed by atoms with E-state index in [2.05, 4.69) is 17.6 Å². The van der Waals surface area contributed by atoms with Gasteiger partial charge in [0.1, 0.15) is 12.2 Å². The van der Waals surface area contributed by atoms with Gasteiger partial charge in [0.2, 0.25) is 11.6 Å². The first-order valence-corrected chi connectivity index (χ1v) is 16.0. The predicted octanol–water partition coefficient (Wildman–Crippen LogP) is 9.24. The van der Waals surface area contributed by atoms with Crippen LogP contribution in [0.2, 0.25) is 20.1 Å². The number of halogens is 4. The van der Waals surface area contributed by atoms with E-state index in [0.29, 0.717) is 37.4 Å². The van der Waals surface area contributed by atoms with E-state index in [0.717, 1.165) is 25.7 Å². The second-order valence-electron chi connectivity index (χ2n) is 12.0. The van der Waals surface area contributed by atoms with Crippen LogP contribution in [0.25, 0.3) is 0 Å². The zero-order valence-electron chi connectivity index (χ0n) is 23.4. The first-order valence-electron chi connectivity index (χ1n) is 14.4. The number of anilines is 2. The Labute approximate surface area is 269 Å². The molecule has 2 amide bonds. The Morgan fingerprint density at radius 1 is 0.814 bits per heavy atom. The van der Waals surface area contributed by atoms with E-state index >= 15 is 0 Å². The summed E-state index contributed by atoms with van der Waals surface area (Å²) in [7, 11) is 0. The Morgan fingerprint density at radius 2 is 1.40 bits per heavy atom. The maximum atomic E-state index is 13.0. The molecule has 232 valence electrons. The molecule has 7 atom stereocenters. The van der Waals surface area contributed by atoms with Crippen LogP contribution in [-0.2, 0) is 24.0 Å². The molecular weight excluding hydrogens is 642 g/mol. The van der Waals surface area contributed by atoms with Crippen LogP contribution in [0.1, 0.15) is 58.3 Å². The lowest BCUT2D eigenvalue weighted by Crippen LogP contribution is -2.55. The van der Waals surface area contributed by atoms with Gasteiger partial charge in [-0.15, -0.1) is 0 Å². The summed E-state index contributed by atoms with van der Waals surface area (Å²) in [6.45, 7) is 2.13. The summed E-state index contributed by atoms with van der Waals surface area (Å²) >= 11 is 24.6. The quantitative estimate of drug-likeness (QED) is 0.312. The topological polar surface area (TPSA) is 104 Å². The summed E-state index contributed by atoms with van der Waals surface area (Å²) in [4.78, 5) is 38.1. The van der Waals surface area contributed by atoms with Crippen LogP contribution in [-0.4, -0.2) is 36.0 Å². The van der Waals surface area contributed by atoms with Gasteiger partial charge in [-0.25, -0.2) is 9.59 Å². The van der Waals surface area contributed by atoms with Gasteiger partial charge in [0.15, 0.2) is 0 Å². The summed E-state index contributed by atoms with van der Waals surface area (Å²) in [5, 5.41) is 6.66. The molecule has 2 spiro atoms.